The van der Waals surface area contributed by atoms with Crippen molar-refractivity contribution in [1.82, 2.24) is 4.90 Å². The SMILES string of the molecule is CCOC(=O)c1c(-c2ccccc2)oc2ccc(O)c(CCCN3CCSC3)c12. The number of phenolic OH excluding ortho intramolecular Hbond substituents is 1. The number of carbonyl (C=O) groups excluding carboxylic acids is 1. The highest BCUT2D eigenvalue weighted by molar-refractivity contribution is 7.99. The molecule has 0 spiro atoms. The first-order valence-corrected chi connectivity index (χ1v) is 11.1. The van der Waals surface area contributed by atoms with E-state index in [1.807, 2.05) is 42.1 Å². The van der Waals surface area contributed by atoms with E-state index in [2.05, 4.69) is 4.90 Å². The maximum absolute atomic E-state index is 12.9. The maximum Gasteiger partial charge on any atom is 0.342 e. The molecule has 0 radical (unpaired) electrons. The van der Waals surface area contributed by atoms with Crippen LogP contribution >= 0.6 is 11.8 Å². The number of aromatic hydroxyl groups is 1. The molecule has 1 fully saturated rings. The van der Waals surface area contributed by atoms with Gasteiger partial charge >= 0.3 is 5.97 Å². The Morgan fingerprint density at radius 2 is 2.07 bits per heavy atom. The Hall–Kier alpha value is -2.44. The molecule has 5 nitrogen and oxygen atoms in total. The number of furan rings is 1. The fraction of sp³-hybridized carbons (Fsp3) is 0.348. The van der Waals surface area contributed by atoms with Gasteiger partial charge in [-0.25, -0.2) is 4.79 Å². The average Bonchev–Trinajstić information content (AvgIpc) is 3.38. The zero-order valence-electron chi connectivity index (χ0n) is 16.5. The van der Waals surface area contributed by atoms with E-state index in [4.69, 9.17) is 9.15 Å². The van der Waals surface area contributed by atoms with E-state index < -0.39 is 5.97 Å². The lowest BCUT2D eigenvalue weighted by Crippen LogP contribution is -2.21. The lowest BCUT2D eigenvalue weighted by atomic mass is 9.98. The number of hydrogen-bond donors (Lipinski definition) is 1. The lowest BCUT2D eigenvalue weighted by molar-refractivity contribution is 0.0528. The number of carbonyl (C=O) groups is 1. The zero-order valence-corrected chi connectivity index (χ0v) is 17.3. The summed E-state index contributed by atoms with van der Waals surface area (Å²) in [6.07, 6.45) is 1.58. The molecule has 1 aromatic heterocycles. The summed E-state index contributed by atoms with van der Waals surface area (Å²) in [6, 6.07) is 12.9. The summed E-state index contributed by atoms with van der Waals surface area (Å²) in [6.45, 7) is 4.15. The van der Waals surface area contributed by atoms with Crippen molar-refractivity contribution in [3.8, 4) is 17.1 Å². The first-order chi connectivity index (χ1) is 14.2. The summed E-state index contributed by atoms with van der Waals surface area (Å²) < 4.78 is 11.4. The molecule has 0 aliphatic carbocycles. The van der Waals surface area contributed by atoms with Gasteiger partial charge in [0.1, 0.15) is 22.7 Å². The molecule has 2 heterocycles. The number of esters is 1. The third-order valence-corrected chi connectivity index (χ3v) is 6.20. The average molecular weight is 412 g/mol. The molecule has 0 unspecified atom stereocenters. The molecule has 0 amide bonds. The second-order valence-electron chi connectivity index (χ2n) is 7.09. The molecule has 3 aromatic rings. The lowest BCUT2D eigenvalue weighted by Gasteiger charge is -2.14. The molecule has 0 atom stereocenters. The molecule has 2 aromatic carbocycles. The van der Waals surface area contributed by atoms with Gasteiger partial charge in [-0.3, -0.25) is 4.90 Å². The van der Waals surface area contributed by atoms with Crippen LogP contribution in [0.3, 0.4) is 0 Å². The summed E-state index contributed by atoms with van der Waals surface area (Å²) in [5.41, 5.74) is 2.56. The maximum atomic E-state index is 12.9. The molecule has 0 bridgehead atoms. The van der Waals surface area contributed by atoms with Crippen molar-refractivity contribution in [2.24, 2.45) is 0 Å². The molecule has 29 heavy (non-hydrogen) atoms. The van der Waals surface area contributed by atoms with Crippen molar-refractivity contribution in [3.63, 3.8) is 0 Å². The van der Waals surface area contributed by atoms with Crippen LogP contribution < -0.4 is 0 Å². The Morgan fingerprint density at radius 1 is 1.24 bits per heavy atom. The van der Waals surface area contributed by atoms with Crippen molar-refractivity contribution >= 4 is 28.7 Å². The summed E-state index contributed by atoms with van der Waals surface area (Å²) in [4.78, 5) is 15.3. The van der Waals surface area contributed by atoms with Gasteiger partial charge in [-0.05, 0) is 38.4 Å². The second kappa shape index (κ2) is 8.93. The molecule has 1 aliphatic rings. The van der Waals surface area contributed by atoms with Crippen LogP contribution in [0.4, 0.5) is 0 Å². The van der Waals surface area contributed by atoms with E-state index in [-0.39, 0.29) is 12.4 Å². The normalized spacial score (nSPS) is 14.5. The largest absolute Gasteiger partial charge is 0.508 e. The number of hydrogen-bond acceptors (Lipinski definition) is 6. The van der Waals surface area contributed by atoms with Crippen LogP contribution in [0.5, 0.6) is 5.75 Å². The number of ether oxygens (including phenoxy) is 1. The third kappa shape index (κ3) is 4.14. The summed E-state index contributed by atoms with van der Waals surface area (Å²) in [5, 5.41) is 11.3. The number of benzene rings is 2. The Kier molecular flexibility index (Phi) is 6.11. The van der Waals surface area contributed by atoms with E-state index in [0.29, 0.717) is 28.7 Å². The Bertz CT molecular complexity index is 993. The van der Waals surface area contributed by atoms with E-state index in [9.17, 15) is 9.90 Å². The third-order valence-electron chi connectivity index (χ3n) is 5.18. The Balaban J connectivity index is 1.77. The number of phenols is 1. The van der Waals surface area contributed by atoms with Gasteiger partial charge < -0.3 is 14.3 Å². The number of fused-ring (bicyclic) bond motifs is 1. The van der Waals surface area contributed by atoms with Crippen molar-refractivity contribution in [1.29, 1.82) is 0 Å². The van der Waals surface area contributed by atoms with Gasteiger partial charge in [0.25, 0.3) is 0 Å². The predicted molar refractivity (Wildman–Crippen MR) is 116 cm³/mol. The van der Waals surface area contributed by atoms with Gasteiger partial charge in [-0.2, -0.15) is 0 Å². The first kappa shape index (κ1) is 19.9. The van der Waals surface area contributed by atoms with Crippen LogP contribution in [0.2, 0.25) is 0 Å². The smallest absolute Gasteiger partial charge is 0.342 e. The second-order valence-corrected chi connectivity index (χ2v) is 8.16. The fourth-order valence-corrected chi connectivity index (χ4v) is 4.83. The highest BCUT2D eigenvalue weighted by atomic mass is 32.2. The number of nitrogens with zero attached hydrogens (tertiary/aromatic N) is 1. The predicted octanol–water partition coefficient (Wildman–Crippen LogP) is 4.92. The molecule has 152 valence electrons. The van der Waals surface area contributed by atoms with E-state index in [0.717, 1.165) is 36.5 Å². The van der Waals surface area contributed by atoms with Gasteiger partial charge in [0.2, 0.25) is 0 Å². The van der Waals surface area contributed by atoms with Gasteiger partial charge in [0.15, 0.2) is 0 Å². The molecular weight excluding hydrogens is 386 g/mol. The summed E-state index contributed by atoms with van der Waals surface area (Å²) in [5.74, 6) is 2.50. The van der Waals surface area contributed by atoms with Gasteiger partial charge in [0.05, 0.1) is 6.61 Å². The summed E-state index contributed by atoms with van der Waals surface area (Å²) >= 11 is 1.95. The van der Waals surface area contributed by atoms with E-state index >= 15 is 0 Å². The highest BCUT2D eigenvalue weighted by Gasteiger charge is 2.26. The van der Waals surface area contributed by atoms with Gasteiger partial charge in [-0.15, -0.1) is 11.8 Å². The van der Waals surface area contributed by atoms with Gasteiger partial charge in [0, 0.05) is 34.7 Å². The van der Waals surface area contributed by atoms with Crippen molar-refractivity contribution in [2.75, 3.05) is 31.3 Å². The zero-order chi connectivity index (χ0) is 20.2. The molecule has 1 N–H and O–H groups in total. The van der Waals surface area contributed by atoms with Crippen LogP contribution in [0.1, 0.15) is 29.3 Å². The number of rotatable bonds is 7. The van der Waals surface area contributed by atoms with Crippen molar-refractivity contribution in [2.45, 2.75) is 19.8 Å². The minimum Gasteiger partial charge on any atom is -0.508 e. The molecule has 4 rings (SSSR count). The number of aryl methyl sites for hydroxylation is 1. The molecule has 6 heteroatoms. The van der Waals surface area contributed by atoms with Crippen LogP contribution in [-0.2, 0) is 11.2 Å². The van der Waals surface area contributed by atoms with Crippen LogP contribution in [-0.4, -0.2) is 47.3 Å². The standard InChI is InChI=1S/C23H25NO4S/c1-2-27-23(26)21-20-17(9-6-12-24-13-14-29-15-24)18(25)10-11-19(20)28-22(21)16-7-4-3-5-8-16/h3-5,7-8,10-11,25H,2,6,9,12-15H2,1H3. The van der Waals surface area contributed by atoms with E-state index in [1.165, 1.54) is 5.75 Å². The fourth-order valence-electron chi connectivity index (χ4n) is 3.80. The molecule has 1 aliphatic heterocycles. The van der Waals surface area contributed by atoms with Crippen molar-refractivity contribution in [3.05, 3.63) is 53.6 Å². The summed E-state index contributed by atoms with van der Waals surface area (Å²) in [7, 11) is 0. The minimum absolute atomic E-state index is 0.194. The molecular formula is C23H25NO4S. The quantitative estimate of drug-likeness (QED) is 0.557. The number of thioether (sulfide) groups is 1. The van der Waals surface area contributed by atoms with Crippen LogP contribution in [0.15, 0.2) is 46.9 Å². The van der Waals surface area contributed by atoms with Crippen molar-refractivity contribution < 1.29 is 19.1 Å². The van der Waals surface area contributed by atoms with Crippen LogP contribution in [0.25, 0.3) is 22.3 Å². The monoisotopic (exact) mass is 411 g/mol. The molecule has 1 saturated heterocycles. The first-order valence-electron chi connectivity index (χ1n) is 9.99. The Morgan fingerprint density at radius 3 is 2.79 bits per heavy atom. The minimum atomic E-state index is -0.423. The molecule has 0 saturated carbocycles. The highest BCUT2D eigenvalue weighted by Crippen LogP contribution is 2.39. The Labute approximate surface area is 174 Å². The topological polar surface area (TPSA) is 62.9 Å². The van der Waals surface area contributed by atoms with Gasteiger partial charge in [-0.1, -0.05) is 30.3 Å². The van der Waals surface area contributed by atoms with Crippen LogP contribution in [0, 0.1) is 0 Å². The van der Waals surface area contributed by atoms with E-state index in [1.54, 1.807) is 19.1 Å².